The Morgan fingerprint density at radius 3 is 2.23 bits per heavy atom. The summed E-state index contributed by atoms with van der Waals surface area (Å²) in [5.41, 5.74) is 4.17. The number of anilines is 1. The van der Waals surface area contributed by atoms with Crippen LogP contribution in [0.5, 0.6) is 5.75 Å². The second kappa shape index (κ2) is 9.37. The van der Waals surface area contributed by atoms with E-state index in [0.717, 1.165) is 48.3 Å². The molecule has 0 aliphatic carbocycles. The summed E-state index contributed by atoms with van der Waals surface area (Å²) in [6, 6.07) is 11.8. The molecular formula is C23H33N3O3S. The molecule has 0 amide bonds. The molecule has 1 aliphatic heterocycles. The number of benzene rings is 2. The quantitative estimate of drug-likeness (QED) is 0.693. The third kappa shape index (κ3) is 4.96. The predicted molar refractivity (Wildman–Crippen MR) is 122 cm³/mol. The summed E-state index contributed by atoms with van der Waals surface area (Å²) in [5.74, 6) is 0.374. The van der Waals surface area contributed by atoms with Crippen molar-refractivity contribution < 1.29 is 13.2 Å². The van der Waals surface area contributed by atoms with E-state index >= 15 is 0 Å². The Morgan fingerprint density at radius 1 is 1.07 bits per heavy atom. The first-order valence-electron chi connectivity index (χ1n) is 10.4. The normalized spacial score (nSPS) is 15.9. The van der Waals surface area contributed by atoms with Gasteiger partial charge < -0.3 is 9.64 Å². The highest BCUT2D eigenvalue weighted by Gasteiger charge is 2.27. The second-order valence-corrected chi connectivity index (χ2v) is 9.92. The van der Waals surface area contributed by atoms with Crippen LogP contribution in [-0.4, -0.2) is 54.2 Å². The highest BCUT2D eigenvalue weighted by molar-refractivity contribution is 7.89. The summed E-state index contributed by atoms with van der Waals surface area (Å²) in [6.45, 7) is 6.14. The summed E-state index contributed by atoms with van der Waals surface area (Å²) in [7, 11) is 1.82. The first-order chi connectivity index (χ1) is 14.2. The molecular weight excluding hydrogens is 398 g/mol. The van der Waals surface area contributed by atoms with Gasteiger partial charge in [0.1, 0.15) is 10.6 Å². The lowest BCUT2D eigenvalue weighted by atomic mass is 10.1. The lowest BCUT2D eigenvalue weighted by Gasteiger charge is -2.28. The third-order valence-electron chi connectivity index (χ3n) is 5.91. The van der Waals surface area contributed by atoms with E-state index in [0.29, 0.717) is 12.3 Å². The van der Waals surface area contributed by atoms with Crippen LogP contribution in [-0.2, 0) is 10.0 Å². The van der Waals surface area contributed by atoms with Crippen LogP contribution in [0.4, 0.5) is 5.69 Å². The van der Waals surface area contributed by atoms with Gasteiger partial charge in [-0.05, 0) is 80.7 Å². The molecule has 0 radical (unpaired) electrons. The summed E-state index contributed by atoms with van der Waals surface area (Å²) < 4.78 is 34.5. The van der Waals surface area contributed by atoms with Crippen molar-refractivity contribution in [3.8, 4) is 5.75 Å². The van der Waals surface area contributed by atoms with Gasteiger partial charge in [0.05, 0.1) is 7.11 Å². The lowest BCUT2D eigenvalue weighted by molar-refractivity contribution is 0.246. The maximum Gasteiger partial charge on any atom is 0.244 e. The zero-order valence-corrected chi connectivity index (χ0v) is 19.4. The van der Waals surface area contributed by atoms with Crippen molar-refractivity contribution in [2.45, 2.75) is 37.6 Å². The maximum atomic E-state index is 13.2. The number of likely N-dealkylation sites (tertiary alicyclic amines) is 1. The molecule has 0 spiro atoms. The molecule has 1 fully saturated rings. The van der Waals surface area contributed by atoms with Gasteiger partial charge in [0, 0.05) is 32.4 Å². The number of aryl methyl sites for hydroxylation is 2. The zero-order chi connectivity index (χ0) is 21.9. The number of ether oxygens (including phenoxy) is 1. The Bertz CT molecular complexity index is 966. The summed E-state index contributed by atoms with van der Waals surface area (Å²) in [5, 5.41) is 0. The van der Waals surface area contributed by atoms with E-state index in [1.165, 1.54) is 7.11 Å². The van der Waals surface area contributed by atoms with Gasteiger partial charge in [-0.25, -0.2) is 13.1 Å². The minimum atomic E-state index is -3.71. The van der Waals surface area contributed by atoms with Crippen LogP contribution in [0, 0.1) is 13.8 Å². The molecule has 1 aliphatic rings. The summed E-state index contributed by atoms with van der Waals surface area (Å²) >= 11 is 0. The van der Waals surface area contributed by atoms with Crippen molar-refractivity contribution >= 4 is 15.7 Å². The number of hydrogen-bond donors (Lipinski definition) is 1. The first-order valence-corrected chi connectivity index (χ1v) is 11.9. The van der Waals surface area contributed by atoms with E-state index in [-0.39, 0.29) is 10.9 Å². The van der Waals surface area contributed by atoms with Crippen LogP contribution in [0.3, 0.4) is 0 Å². The molecule has 164 valence electrons. The standard InChI is InChI=1S/C23H33N3O3S/c1-17-14-22(29-5)23(15-18(17)2)30(27,28)24-16-21(26-12-6-7-13-26)19-8-10-20(11-9-19)25(3)4/h8-11,14-15,21,24H,6-7,12-13,16H2,1-5H3/t21-/m1/s1. The van der Waals surface area contributed by atoms with Gasteiger partial charge in [-0.15, -0.1) is 0 Å². The van der Waals surface area contributed by atoms with E-state index < -0.39 is 10.0 Å². The third-order valence-corrected chi connectivity index (χ3v) is 7.36. The van der Waals surface area contributed by atoms with Gasteiger partial charge in [0.15, 0.2) is 0 Å². The number of sulfonamides is 1. The van der Waals surface area contributed by atoms with Crippen LogP contribution in [0.25, 0.3) is 0 Å². The molecule has 2 aromatic carbocycles. The van der Waals surface area contributed by atoms with Crippen molar-refractivity contribution in [2.24, 2.45) is 0 Å². The Labute approximate surface area is 180 Å². The topological polar surface area (TPSA) is 61.9 Å². The van der Waals surface area contributed by atoms with Gasteiger partial charge in [-0.1, -0.05) is 12.1 Å². The molecule has 0 aromatic heterocycles. The maximum absolute atomic E-state index is 13.2. The highest BCUT2D eigenvalue weighted by Crippen LogP contribution is 2.29. The average molecular weight is 432 g/mol. The Balaban J connectivity index is 1.86. The molecule has 0 unspecified atom stereocenters. The van der Waals surface area contributed by atoms with E-state index in [4.69, 9.17) is 4.74 Å². The summed E-state index contributed by atoms with van der Waals surface area (Å²) in [6.07, 6.45) is 2.29. The van der Waals surface area contributed by atoms with E-state index in [9.17, 15) is 8.42 Å². The Morgan fingerprint density at radius 2 is 1.67 bits per heavy atom. The fraction of sp³-hybridized carbons (Fsp3) is 0.478. The zero-order valence-electron chi connectivity index (χ0n) is 18.6. The largest absolute Gasteiger partial charge is 0.495 e. The number of rotatable bonds is 8. The van der Waals surface area contributed by atoms with Crippen molar-refractivity contribution in [3.63, 3.8) is 0 Å². The van der Waals surface area contributed by atoms with Crippen LogP contribution < -0.4 is 14.4 Å². The van der Waals surface area contributed by atoms with E-state index in [2.05, 4.69) is 38.8 Å². The number of methoxy groups -OCH3 is 1. The van der Waals surface area contributed by atoms with Gasteiger partial charge in [0.2, 0.25) is 10.0 Å². The van der Waals surface area contributed by atoms with Gasteiger partial charge in [-0.3, -0.25) is 4.90 Å². The molecule has 1 heterocycles. The smallest absolute Gasteiger partial charge is 0.244 e. The van der Waals surface area contributed by atoms with Crippen LogP contribution in [0.15, 0.2) is 41.3 Å². The van der Waals surface area contributed by atoms with Crippen LogP contribution in [0.1, 0.15) is 35.6 Å². The Kier molecular flexibility index (Phi) is 7.06. The molecule has 0 saturated carbocycles. The fourth-order valence-electron chi connectivity index (χ4n) is 3.90. The minimum absolute atomic E-state index is 0.00368. The van der Waals surface area contributed by atoms with Crippen molar-refractivity contribution in [1.29, 1.82) is 0 Å². The average Bonchev–Trinajstić information content (AvgIpc) is 3.24. The molecule has 6 nitrogen and oxygen atoms in total. The molecule has 30 heavy (non-hydrogen) atoms. The monoisotopic (exact) mass is 431 g/mol. The summed E-state index contributed by atoms with van der Waals surface area (Å²) in [4.78, 5) is 4.62. The van der Waals surface area contributed by atoms with Crippen LogP contribution >= 0.6 is 0 Å². The lowest BCUT2D eigenvalue weighted by Crippen LogP contribution is -2.37. The number of nitrogens with one attached hydrogen (secondary N) is 1. The van der Waals surface area contributed by atoms with Crippen molar-refractivity contribution in [2.75, 3.05) is 45.7 Å². The number of nitrogens with zero attached hydrogens (tertiary/aromatic N) is 2. The SMILES string of the molecule is COc1cc(C)c(C)cc1S(=O)(=O)NC[C@H](c1ccc(N(C)C)cc1)N1CCCC1. The van der Waals surface area contributed by atoms with Gasteiger partial charge in [0.25, 0.3) is 0 Å². The molecule has 7 heteroatoms. The predicted octanol–water partition coefficient (Wildman–Crippen LogP) is 3.49. The van der Waals surface area contributed by atoms with Crippen molar-refractivity contribution in [1.82, 2.24) is 9.62 Å². The molecule has 1 atom stereocenters. The van der Waals surface area contributed by atoms with E-state index in [1.807, 2.05) is 27.9 Å². The molecule has 3 rings (SSSR count). The van der Waals surface area contributed by atoms with Crippen molar-refractivity contribution in [3.05, 3.63) is 53.1 Å². The molecule has 2 aromatic rings. The second-order valence-electron chi connectivity index (χ2n) is 8.18. The van der Waals surface area contributed by atoms with Crippen LogP contribution in [0.2, 0.25) is 0 Å². The highest BCUT2D eigenvalue weighted by atomic mass is 32.2. The van der Waals surface area contributed by atoms with Gasteiger partial charge >= 0.3 is 0 Å². The number of hydrogen-bond acceptors (Lipinski definition) is 5. The molecule has 1 saturated heterocycles. The Hall–Kier alpha value is -2.09. The first kappa shape index (κ1) is 22.6. The molecule has 1 N–H and O–H groups in total. The minimum Gasteiger partial charge on any atom is -0.495 e. The molecule has 0 bridgehead atoms. The van der Waals surface area contributed by atoms with Gasteiger partial charge in [-0.2, -0.15) is 0 Å². The van der Waals surface area contributed by atoms with E-state index in [1.54, 1.807) is 12.1 Å². The fourth-order valence-corrected chi connectivity index (χ4v) is 5.18.